The molecule has 34 heavy (non-hydrogen) atoms. The summed E-state index contributed by atoms with van der Waals surface area (Å²) in [7, 11) is -2.28. The van der Waals surface area contributed by atoms with E-state index < -0.39 is 27.6 Å². The number of benzene rings is 2. The molecule has 0 unspecified atom stereocenters. The molecule has 7 nitrogen and oxygen atoms in total. The molecule has 0 saturated carbocycles. The Bertz CT molecular complexity index is 1150. The van der Waals surface area contributed by atoms with Crippen LogP contribution in [-0.2, 0) is 21.3 Å². The van der Waals surface area contributed by atoms with E-state index in [-0.39, 0.29) is 35.7 Å². The summed E-state index contributed by atoms with van der Waals surface area (Å²) < 4.78 is 60.6. The van der Waals surface area contributed by atoms with Gasteiger partial charge in [0.25, 0.3) is 5.91 Å². The first kappa shape index (κ1) is 24.6. The molecule has 10 heteroatoms. The van der Waals surface area contributed by atoms with E-state index in [2.05, 4.69) is 4.90 Å². The lowest BCUT2D eigenvalue weighted by atomic mass is 10.1. The van der Waals surface area contributed by atoms with Crippen molar-refractivity contribution in [2.45, 2.75) is 30.7 Å². The standard InChI is InChI=1S/C24H29F2N3O4S/c1-27(17-18-5-6-19(25)15-22(18)26)24(30)21-16-20(34(31,32)29-11-13-33-14-12-29)7-8-23(21)28-9-3-2-4-10-28/h5-8,15-16H,2-4,9-14,17H2,1H3. The molecule has 0 atom stereocenters. The van der Waals surface area contributed by atoms with E-state index in [1.165, 1.54) is 28.4 Å². The van der Waals surface area contributed by atoms with Crippen LogP contribution in [0.25, 0.3) is 0 Å². The Hall–Kier alpha value is -2.56. The molecule has 2 aliphatic rings. The topological polar surface area (TPSA) is 70.2 Å². The minimum atomic E-state index is -3.80. The molecule has 0 N–H and O–H groups in total. The third-order valence-electron chi connectivity index (χ3n) is 6.27. The number of rotatable bonds is 6. The fraction of sp³-hybridized carbons (Fsp3) is 0.458. The first-order valence-electron chi connectivity index (χ1n) is 11.4. The number of piperidine rings is 1. The van der Waals surface area contributed by atoms with Crippen LogP contribution in [0.3, 0.4) is 0 Å². The molecule has 2 saturated heterocycles. The summed E-state index contributed by atoms with van der Waals surface area (Å²) in [6.07, 6.45) is 3.07. The molecule has 0 bridgehead atoms. The number of hydrogen-bond acceptors (Lipinski definition) is 5. The maximum atomic E-state index is 14.2. The number of morpholine rings is 1. The number of nitrogens with zero attached hydrogens (tertiary/aromatic N) is 3. The molecular formula is C24H29F2N3O4S. The lowest BCUT2D eigenvalue weighted by Gasteiger charge is -2.32. The van der Waals surface area contributed by atoms with Crippen molar-refractivity contribution >= 4 is 21.6 Å². The minimum absolute atomic E-state index is 0.0415. The van der Waals surface area contributed by atoms with Crippen molar-refractivity contribution in [3.8, 4) is 0 Å². The number of hydrogen-bond donors (Lipinski definition) is 0. The monoisotopic (exact) mass is 493 g/mol. The summed E-state index contributed by atoms with van der Waals surface area (Å²) in [4.78, 5) is 17.0. The van der Waals surface area contributed by atoms with Crippen molar-refractivity contribution in [2.24, 2.45) is 0 Å². The minimum Gasteiger partial charge on any atom is -0.379 e. The van der Waals surface area contributed by atoms with Crippen LogP contribution in [0.5, 0.6) is 0 Å². The Morgan fingerprint density at radius 2 is 1.71 bits per heavy atom. The van der Waals surface area contributed by atoms with Gasteiger partial charge in [0.15, 0.2) is 0 Å². The predicted octanol–water partition coefficient (Wildman–Crippen LogP) is 3.25. The summed E-state index contributed by atoms with van der Waals surface area (Å²) in [6, 6.07) is 7.89. The van der Waals surface area contributed by atoms with E-state index in [4.69, 9.17) is 4.74 Å². The number of halogens is 2. The smallest absolute Gasteiger partial charge is 0.256 e. The summed E-state index contributed by atoms with van der Waals surface area (Å²) in [6.45, 7) is 2.61. The molecule has 184 valence electrons. The molecule has 0 aromatic heterocycles. The van der Waals surface area contributed by atoms with Gasteiger partial charge in [-0.3, -0.25) is 4.79 Å². The number of sulfonamides is 1. The Morgan fingerprint density at radius 3 is 2.38 bits per heavy atom. The second-order valence-electron chi connectivity index (χ2n) is 8.64. The highest BCUT2D eigenvalue weighted by Gasteiger charge is 2.29. The van der Waals surface area contributed by atoms with E-state index in [0.717, 1.165) is 44.5 Å². The summed E-state index contributed by atoms with van der Waals surface area (Å²) in [5.74, 6) is -1.86. The number of amides is 1. The largest absolute Gasteiger partial charge is 0.379 e. The normalized spacial score (nSPS) is 17.6. The first-order chi connectivity index (χ1) is 16.3. The summed E-state index contributed by atoms with van der Waals surface area (Å²) in [5.41, 5.74) is 1.09. The second-order valence-corrected chi connectivity index (χ2v) is 10.6. The van der Waals surface area contributed by atoms with Crippen molar-refractivity contribution in [1.29, 1.82) is 0 Å². The fourth-order valence-corrected chi connectivity index (χ4v) is 5.81. The van der Waals surface area contributed by atoms with Gasteiger partial charge in [-0.1, -0.05) is 6.07 Å². The Labute approximate surface area is 199 Å². The van der Waals surface area contributed by atoms with Crippen molar-refractivity contribution in [3.63, 3.8) is 0 Å². The molecule has 0 spiro atoms. The molecule has 2 fully saturated rings. The molecule has 0 radical (unpaired) electrons. The van der Waals surface area contributed by atoms with Crippen LogP contribution in [0.2, 0.25) is 0 Å². The van der Waals surface area contributed by atoms with Crippen LogP contribution >= 0.6 is 0 Å². The highest BCUT2D eigenvalue weighted by atomic mass is 32.2. The van der Waals surface area contributed by atoms with E-state index in [0.29, 0.717) is 18.9 Å². The summed E-state index contributed by atoms with van der Waals surface area (Å²) in [5, 5.41) is 0. The molecule has 0 aliphatic carbocycles. The van der Waals surface area contributed by atoms with Crippen LogP contribution < -0.4 is 4.90 Å². The van der Waals surface area contributed by atoms with Crippen LogP contribution in [0.1, 0.15) is 35.2 Å². The van der Waals surface area contributed by atoms with Gasteiger partial charge in [-0.15, -0.1) is 0 Å². The SMILES string of the molecule is CN(Cc1ccc(F)cc1F)C(=O)c1cc(S(=O)(=O)N2CCOCC2)ccc1N1CCCCC1. The van der Waals surface area contributed by atoms with Crippen molar-refractivity contribution in [3.05, 3.63) is 59.2 Å². The van der Waals surface area contributed by atoms with Crippen molar-refractivity contribution in [1.82, 2.24) is 9.21 Å². The van der Waals surface area contributed by atoms with Gasteiger partial charge in [-0.25, -0.2) is 17.2 Å². The first-order valence-corrected chi connectivity index (χ1v) is 12.9. The zero-order chi connectivity index (χ0) is 24.3. The van der Waals surface area contributed by atoms with Gasteiger partial charge >= 0.3 is 0 Å². The second kappa shape index (κ2) is 10.4. The zero-order valence-electron chi connectivity index (χ0n) is 19.2. The van der Waals surface area contributed by atoms with Gasteiger partial charge in [0, 0.05) is 57.1 Å². The van der Waals surface area contributed by atoms with Gasteiger partial charge in [-0.2, -0.15) is 4.31 Å². The van der Waals surface area contributed by atoms with Crippen molar-refractivity contribution in [2.75, 3.05) is 51.3 Å². The van der Waals surface area contributed by atoms with Gasteiger partial charge in [0.1, 0.15) is 11.6 Å². The maximum absolute atomic E-state index is 14.2. The maximum Gasteiger partial charge on any atom is 0.256 e. The third-order valence-corrected chi connectivity index (χ3v) is 8.17. The Kier molecular flexibility index (Phi) is 7.49. The fourth-order valence-electron chi connectivity index (χ4n) is 4.38. The number of anilines is 1. The number of carbonyl (C=O) groups is 1. The molecule has 2 aromatic rings. The van der Waals surface area contributed by atoms with Crippen LogP contribution in [0, 0.1) is 11.6 Å². The zero-order valence-corrected chi connectivity index (χ0v) is 20.0. The van der Waals surface area contributed by atoms with Crippen LogP contribution in [-0.4, -0.2) is 70.0 Å². The van der Waals surface area contributed by atoms with Gasteiger partial charge < -0.3 is 14.5 Å². The highest BCUT2D eigenvalue weighted by Crippen LogP contribution is 2.30. The molecule has 1 amide bonds. The lowest BCUT2D eigenvalue weighted by molar-refractivity contribution is 0.0730. The predicted molar refractivity (Wildman–Crippen MR) is 124 cm³/mol. The highest BCUT2D eigenvalue weighted by molar-refractivity contribution is 7.89. The van der Waals surface area contributed by atoms with Crippen molar-refractivity contribution < 1.29 is 26.7 Å². The van der Waals surface area contributed by atoms with E-state index in [1.54, 1.807) is 12.1 Å². The lowest BCUT2D eigenvalue weighted by Crippen LogP contribution is -2.40. The Morgan fingerprint density at radius 1 is 1.00 bits per heavy atom. The van der Waals surface area contributed by atoms with Gasteiger partial charge in [0.05, 0.1) is 23.7 Å². The molecule has 2 aromatic carbocycles. The third kappa shape index (κ3) is 5.24. The summed E-state index contributed by atoms with van der Waals surface area (Å²) >= 11 is 0. The quantitative estimate of drug-likeness (QED) is 0.618. The number of carbonyl (C=O) groups excluding carboxylic acids is 1. The van der Waals surface area contributed by atoms with E-state index in [1.807, 2.05) is 0 Å². The van der Waals surface area contributed by atoms with Gasteiger partial charge in [-0.05, 0) is 43.5 Å². The molecule has 2 aliphatic heterocycles. The van der Waals surface area contributed by atoms with E-state index in [9.17, 15) is 22.0 Å². The van der Waals surface area contributed by atoms with Gasteiger partial charge in [0.2, 0.25) is 10.0 Å². The van der Waals surface area contributed by atoms with Crippen LogP contribution in [0.15, 0.2) is 41.3 Å². The molecule has 2 heterocycles. The molecule has 4 rings (SSSR count). The average Bonchev–Trinajstić information content (AvgIpc) is 2.86. The Balaban J connectivity index is 1.68. The average molecular weight is 494 g/mol. The molecular weight excluding hydrogens is 464 g/mol. The van der Waals surface area contributed by atoms with E-state index >= 15 is 0 Å². The van der Waals surface area contributed by atoms with Crippen LogP contribution in [0.4, 0.5) is 14.5 Å². The number of ether oxygens (including phenoxy) is 1.